The molecular weight excluding hydrogens is 372 g/mol. The number of amides is 3. The number of primary amides is 1. The van der Waals surface area contributed by atoms with Crippen LogP contribution in [0.5, 0.6) is 0 Å². The molecule has 1 unspecified atom stereocenters. The molecule has 1 aliphatic carbocycles. The second kappa shape index (κ2) is 7.16. The van der Waals surface area contributed by atoms with Crippen LogP contribution in [-0.2, 0) is 11.2 Å². The van der Waals surface area contributed by atoms with Gasteiger partial charge in [0.2, 0.25) is 5.91 Å². The van der Waals surface area contributed by atoms with E-state index in [1.165, 1.54) is 22.7 Å². The van der Waals surface area contributed by atoms with Crippen LogP contribution >= 0.6 is 22.7 Å². The number of hydrogen-bond donors (Lipinski definition) is 3. The lowest BCUT2D eigenvalue weighted by Gasteiger charge is -2.26. The van der Waals surface area contributed by atoms with Gasteiger partial charge >= 0.3 is 6.03 Å². The molecule has 1 atom stereocenters. The van der Waals surface area contributed by atoms with E-state index in [2.05, 4.69) is 15.6 Å². The smallest absolute Gasteiger partial charge is 0.312 e. The predicted octanol–water partition coefficient (Wildman–Crippen LogP) is 3.10. The Bertz CT molecular complexity index is 842. The number of nitrogens with two attached hydrogens (primary N) is 1. The monoisotopic (exact) mass is 392 g/mol. The number of rotatable bonds is 5. The topological polar surface area (TPSA) is 114 Å². The second-order valence-corrected chi connectivity index (χ2v) is 9.04. The molecule has 9 heteroatoms. The molecule has 3 amide bonds. The first-order chi connectivity index (χ1) is 12.2. The van der Waals surface area contributed by atoms with Gasteiger partial charge < -0.3 is 16.4 Å². The molecule has 7 nitrogen and oxygen atoms in total. The highest BCUT2D eigenvalue weighted by Gasteiger charge is 2.34. The number of urea groups is 1. The fourth-order valence-electron chi connectivity index (χ4n) is 3.01. The molecule has 2 heterocycles. The van der Waals surface area contributed by atoms with Crippen molar-refractivity contribution in [1.82, 2.24) is 10.3 Å². The van der Waals surface area contributed by atoms with Crippen LogP contribution in [0.25, 0.3) is 0 Å². The molecule has 0 aromatic carbocycles. The van der Waals surface area contributed by atoms with Crippen molar-refractivity contribution in [1.29, 1.82) is 0 Å². The molecule has 0 radical (unpaired) electrons. The van der Waals surface area contributed by atoms with Crippen LogP contribution in [0.3, 0.4) is 0 Å². The Morgan fingerprint density at radius 3 is 2.81 bits per heavy atom. The summed E-state index contributed by atoms with van der Waals surface area (Å²) in [7, 11) is 0. The molecule has 4 N–H and O–H groups in total. The summed E-state index contributed by atoms with van der Waals surface area (Å²) in [4.78, 5) is 41.8. The third-order valence-corrected chi connectivity index (χ3v) is 6.11. The van der Waals surface area contributed by atoms with Gasteiger partial charge in [-0.2, -0.15) is 0 Å². The van der Waals surface area contributed by atoms with Gasteiger partial charge in [0.05, 0.1) is 23.0 Å². The van der Waals surface area contributed by atoms with E-state index in [0.29, 0.717) is 22.9 Å². The van der Waals surface area contributed by atoms with E-state index in [0.717, 1.165) is 10.6 Å². The molecule has 0 bridgehead atoms. The summed E-state index contributed by atoms with van der Waals surface area (Å²) < 4.78 is 0. The lowest BCUT2D eigenvalue weighted by Crippen LogP contribution is -2.34. The average molecular weight is 393 g/mol. The van der Waals surface area contributed by atoms with Crippen LogP contribution in [0.15, 0.2) is 17.5 Å². The number of ketones is 1. The van der Waals surface area contributed by atoms with Gasteiger partial charge in [-0.15, -0.1) is 11.3 Å². The summed E-state index contributed by atoms with van der Waals surface area (Å²) in [6, 6.07) is 2.49. The van der Waals surface area contributed by atoms with E-state index in [1.54, 1.807) is 0 Å². The zero-order valence-electron chi connectivity index (χ0n) is 14.5. The minimum absolute atomic E-state index is 0.0349. The van der Waals surface area contributed by atoms with Crippen molar-refractivity contribution in [3.63, 3.8) is 0 Å². The number of anilines is 1. The molecule has 0 saturated heterocycles. The highest BCUT2D eigenvalue weighted by molar-refractivity contribution is 7.17. The van der Waals surface area contributed by atoms with Crippen LogP contribution in [0, 0.1) is 5.41 Å². The molecule has 2 aromatic heterocycles. The van der Waals surface area contributed by atoms with Crippen molar-refractivity contribution in [2.24, 2.45) is 11.1 Å². The van der Waals surface area contributed by atoms with E-state index in [4.69, 9.17) is 5.73 Å². The van der Waals surface area contributed by atoms with Gasteiger partial charge in [0.1, 0.15) is 0 Å². The zero-order valence-corrected chi connectivity index (χ0v) is 16.1. The molecule has 0 spiro atoms. The second-order valence-electron chi connectivity index (χ2n) is 7.06. The van der Waals surface area contributed by atoms with Gasteiger partial charge in [-0.1, -0.05) is 31.3 Å². The van der Waals surface area contributed by atoms with E-state index < -0.39 is 12.1 Å². The normalized spacial score (nSPS) is 16.6. The minimum atomic E-state index is -0.686. The third kappa shape index (κ3) is 4.28. The fourth-order valence-corrected chi connectivity index (χ4v) is 4.73. The summed E-state index contributed by atoms with van der Waals surface area (Å²) in [5.74, 6) is -0.226. The van der Waals surface area contributed by atoms with Crippen molar-refractivity contribution in [2.75, 3.05) is 5.32 Å². The van der Waals surface area contributed by atoms with Crippen molar-refractivity contribution in [2.45, 2.75) is 39.2 Å². The first-order valence-corrected chi connectivity index (χ1v) is 9.85. The van der Waals surface area contributed by atoms with E-state index >= 15 is 0 Å². The van der Waals surface area contributed by atoms with E-state index in [9.17, 15) is 14.4 Å². The number of thiophene rings is 1. The number of nitrogens with zero attached hydrogens (tertiary/aromatic N) is 1. The SMILES string of the molecule is CC1(C)CC(=O)c2sc(NC(=O)CC(NC(N)=O)c3cccs3)nc2C1. The molecule has 138 valence electrons. The van der Waals surface area contributed by atoms with Crippen LogP contribution in [-0.4, -0.2) is 22.7 Å². The Balaban J connectivity index is 1.70. The van der Waals surface area contributed by atoms with Gasteiger partial charge in [0, 0.05) is 11.3 Å². The van der Waals surface area contributed by atoms with Crippen LogP contribution in [0.1, 0.15) is 53.0 Å². The molecule has 1 aliphatic rings. The summed E-state index contributed by atoms with van der Waals surface area (Å²) in [5.41, 5.74) is 5.84. The lowest BCUT2D eigenvalue weighted by molar-refractivity contribution is -0.116. The maximum atomic E-state index is 12.4. The number of carbonyl (C=O) groups is 3. The molecular formula is C17H20N4O3S2. The third-order valence-electron chi connectivity index (χ3n) is 4.07. The Kier molecular flexibility index (Phi) is 5.10. The molecule has 0 fully saturated rings. The number of Topliss-reactive ketones (excluding diaryl/α,β-unsaturated/α-hetero) is 1. The zero-order chi connectivity index (χ0) is 18.9. The highest BCUT2D eigenvalue weighted by Crippen LogP contribution is 2.38. The fraction of sp³-hybridized carbons (Fsp3) is 0.412. The maximum Gasteiger partial charge on any atom is 0.312 e. The van der Waals surface area contributed by atoms with Gasteiger partial charge in [0.25, 0.3) is 0 Å². The number of hydrogen-bond acceptors (Lipinski definition) is 6. The molecule has 26 heavy (non-hydrogen) atoms. The standard InChI is InChI=1S/C17H20N4O3S2/c1-17(2)7-10-14(11(22)8-17)26-16(20-10)21-13(23)6-9(19-15(18)24)12-4-3-5-25-12/h3-5,9H,6-8H2,1-2H3,(H3,18,19,24)(H,20,21,23). The van der Waals surface area contributed by atoms with Gasteiger partial charge in [-0.3, -0.25) is 9.59 Å². The first-order valence-electron chi connectivity index (χ1n) is 8.16. The Labute approximate surface area is 159 Å². The Morgan fingerprint density at radius 2 is 2.15 bits per heavy atom. The van der Waals surface area contributed by atoms with Crippen molar-refractivity contribution < 1.29 is 14.4 Å². The summed E-state index contributed by atoms with van der Waals surface area (Å²) in [5, 5.41) is 7.60. The lowest BCUT2D eigenvalue weighted by atomic mass is 9.78. The van der Waals surface area contributed by atoms with E-state index in [1.807, 2.05) is 31.4 Å². The number of fused-ring (bicyclic) bond motifs is 1. The van der Waals surface area contributed by atoms with Crippen molar-refractivity contribution in [3.8, 4) is 0 Å². The largest absolute Gasteiger partial charge is 0.352 e. The average Bonchev–Trinajstić information content (AvgIpc) is 3.14. The number of carbonyl (C=O) groups excluding carboxylic acids is 3. The Hall–Kier alpha value is -2.26. The van der Waals surface area contributed by atoms with Crippen LogP contribution in [0.4, 0.5) is 9.93 Å². The summed E-state index contributed by atoms with van der Waals surface area (Å²) >= 11 is 2.64. The maximum absolute atomic E-state index is 12.4. The Morgan fingerprint density at radius 1 is 1.38 bits per heavy atom. The van der Waals surface area contributed by atoms with Gasteiger partial charge in [0.15, 0.2) is 10.9 Å². The molecule has 0 aliphatic heterocycles. The molecule has 3 rings (SSSR count). The number of thiazole rings is 1. The predicted molar refractivity (Wildman–Crippen MR) is 102 cm³/mol. The molecule has 0 saturated carbocycles. The summed E-state index contributed by atoms with van der Waals surface area (Å²) in [6.45, 7) is 4.07. The first kappa shape index (κ1) is 18.5. The van der Waals surface area contributed by atoms with Gasteiger partial charge in [-0.05, 0) is 23.3 Å². The number of aromatic nitrogens is 1. The summed E-state index contributed by atoms with van der Waals surface area (Å²) in [6.07, 6.45) is 1.23. The van der Waals surface area contributed by atoms with E-state index in [-0.39, 0.29) is 23.5 Å². The quantitative estimate of drug-likeness (QED) is 0.725. The highest BCUT2D eigenvalue weighted by atomic mass is 32.1. The number of nitrogens with one attached hydrogen (secondary N) is 2. The molecule has 2 aromatic rings. The van der Waals surface area contributed by atoms with Crippen LogP contribution in [0.2, 0.25) is 0 Å². The minimum Gasteiger partial charge on any atom is -0.352 e. The van der Waals surface area contributed by atoms with Crippen molar-refractivity contribution >= 4 is 45.5 Å². The van der Waals surface area contributed by atoms with Crippen molar-refractivity contribution in [3.05, 3.63) is 33.0 Å². The van der Waals surface area contributed by atoms with Gasteiger partial charge in [-0.25, -0.2) is 9.78 Å². The van der Waals surface area contributed by atoms with Crippen LogP contribution < -0.4 is 16.4 Å².